The molecule has 214 valence electrons. The van der Waals surface area contributed by atoms with Crippen LogP contribution >= 0.6 is 27.7 Å². The number of benzene rings is 3. The molecule has 0 spiro atoms. The van der Waals surface area contributed by atoms with Crippen molar-refractivity contribution in [1.29, 1.82) is 0 Å². The predicted molar refractivity (Wildman–Crippen MR) is 170 cm³/mol. The number of aromatic nitrogens is 2. The highest BCUT2D eigenvalue weighted by atomic mass is 79.9. The van der Waals surface area contributed by atoms with Crippen molar-refractivity contribution in [2.75, 3.05) is 17.3 Å². The summed E-state index contributed by atoms with van der Waals surface area (Å²) < 4.78 is 9.26. The van der Waals surface area contributed by atoms with Gasteiger partial charge in [-0.3, -0.25) is 19.1 Å². The molecule has 1 aliphatic heterocycles. The van der Waals surface area contributed by atoms with Crippen molar-refractivity contribution >= 4 is 62.3 Å². The number of anilines is 2. The number of rotatable bonds is 8. The number of halogens is 1. The summed E-state index contributed by atoms with van der Waals surface area (Å²) in [6.07, 6.45) is 1.43. The number of carbonyl (C=O) groups is 2. The van der Waals surface area contributed by atoms with Crippen molar-refractivity contribution in [2.45, 2.75) is 18.6 Å². The van der Waals surface area contributed by atoms with Gasteiger partial charge in [-0.2, -0.15) is 5.10 Å². The Labute approximate surface area is 254 Å². The topological polar surface area (TPSA) is 110 Å². The molecular weight excluding hydrogens is 620 g/mol. The molecular formula is C30H27BrN6O4S. The number of para-hydroxylation sites is 1. The summed E-state index contributed by atoms with van der Waals surface area (Å²) >= 11 is 4.48. The fraction of sp³-hybridized carbons (Fsp3) is 0.167. The van der Waals surface area contributed by atoms with Crippen molar-refractivity contribution < 1.29 is 14.3 Å². The molecule has 1 aromatic heterocycles. The van der Waals surface area contributed by atoms with Gasteiger partial charge in [0, 0.05) is 23.6 Å². The Morgan fingerprint density at radius 1 is 1.05 bits per heavy atom. The van der Waals surface area contributed by atoms with Crippen LogP contribution in [0.25, 0.3) is 5.69 Å². The maximum absolute atomic E-state index is 13.8. The quantitative estimate of drug-likeness (QED) is 0.211. The van der Waals surface area contributed by atoms with Crippen molar-refractivity contribution in [3.63, 3.8) is 0 Å². The third kappa shape index (κ3) is 6.09. The first kappa shape index (κ1) is 29.1. The monoisotopic (exact) mass is 646 g/mol. The maximum atomic E-state index is 13.8. The normalized spacial score (nSPS) is 16.0. The SMILES string of the molecule is COc1ccc(/C=N\N=C2\S[C@H](CC(=O)Nc3ccc(Br)cc3)C(=O)N2c2c(C)n(C)n(-c3ccccc3)c2=O)cc1. The van der Waals surface area contributed by atoms with E-state index in [9.17, 15) is 14.4 Å². The van der Waals surface area contributed by atoms with Crippen LogP contribution in [-0.2, 0) is 16.6 Å². The molecule has 0 bridgehead atoms. The Morgan fingerprint density at radius 3 is 2.40 bits per heavy atom. The van der Waals surface area contributed by atoms with Crippen LogP contribution in [0.5, 0.6) is 5.75 Å². The lowest BCUT2D eigenvalue weighted by Crippen LogP contribution is -2.37. The van der Waals surface area contributed by atoms with E-state index in [1.165, 1.54) is 9.58 Å². The Kier molecular flexibility index (Phi) is 8.74. The molecule has 1 N–H and O–H groups in total. The molecule has 2 amide bonds. The molecule has 0 unspecified atom stereocenters. The van der Waals surface area contributed by atoms with Gasteiger partial charge in [0.1, 0.15) is 16.7 Å². The summed E-state index contributed by atoms with van der Waals surface area (Å²) in [6, 6.07) is 23.6. The highest BCUT2D eigenvalue weighted by Crippen LogP contribution is 2.34. The standard InChI is InChI=1S/C30H27BrN6O4S/c1-19-27(29(40)37(35(19)2)23-7-5-4-6-8-23)36-28(39)25(17-26(38)33-22-13-11-21(31)12-14-22)42-30(36)34-32-18-20-9-15-24(41-3)16-10-20/h4-16,18,25H,17H2,1-3H3,(H,33,38)/b32-18-,34-30+/t25-/m1/s1. The van der Waals surface area contributed by atoms with Gasteiger partial charge in [0.05, 0.1) is 24.7 Å². The molecule has 12 heteroatoms. The molecule has 0 radical (unpaired) electrons. The van der Waals surface area contributed by atoms with Crippen LogP contribution in [0.2, 0.25) is 0 Å². The first-order chi connectivity index (χ1) is 20.3. The van der Waals surface area contributed by atoms with Gasteiger partial charge in [-0.15, -0.1) is 5.10 Å². The van der Waals surface area contributed by atoms with Crippen LogP contribution in [0.15, 0.2) is 98.3 Å². The Bertz CT molecular complexity index is 1730. The van der Waals surface area contributed by atoms with Crippen molar-refractivity contribution in [3.05, 3.63) is 105 Å². The minimum Gasteiger partial charge on any atom is -0.497 e. The molecule has 42 heavy (non-hydrogen) atoms. The molecule has 1 aliphatic rings. The molecule has 0 aliphatic carbocycles. The molecule has 1 atom stereocenters. The van der Waals surface area contributed by atoms with E-state index in [-0.39, 0.29) is 28.7 Å². The van der Waals surface area contributed by atoms with Crippen LogP contribution in [0.1, 0.15) is 17.7 Å². The zero-order chi connectivity index (χ0) is 29.8. The Morgan fingerprint density at radius 2 is 1.74 bits per heavy atom. The smallest absolute Gasteiger partial charge is 0.296 e. The molecule has 1 fully saturated rings. The number of methoxy groups -OCH3 is 1. The minimum absolute atomic E-state index is 0.115. The van der Waals surface area contributed by atoms with E-state index in [2.05, 4.69) is 31.4 Å². The van der Waals surface area contributed by atoms with Crippen LogP contribution in [0.4, 0.5) is 11.4 Å². The lowest BCUT2D eigenvalue weighted by molar-refractivity contribution is -0.121. The molecule has 10 nitrogen and oxygen atoms in total. The van der Waals surface area contributed by atoms with Crippen molar-refractivity contribution in [3.8, 4) is 11.4 Å². The first-order valence-corrected chi connectivity index (χ1v) is 14.6. The summed E-state index contributed by atoms with van der Waals surface area (Å²) in [6.45, 7) is 1.76. The van der Waals surface area contributed by atoms with Crippen LogP contribution < -0.4 is 20.5 Å². The second-order valence-electron chi connectivity index (χ2n) is 9.35. The maximum Gasteiger partial charge on any atom is 0.296 e. The van der Waals surface area contributed by atoms with Crippen LogP contribution in [0.3, 0.4) is 0 Å². The van der Waals surface area contributed by atoms with E-state index in [0.29, 0.717) is 22.8 Å². The fourth-order valence-electron chi connectivity index (χ4n) is 4.43. The van der Waals surface area contributed by atoms with Gasteiger partial charge in [0.2, 0.25) is 11.8 Å². The number of nitrogens with one attached hydrogen (secondary N) is 1. The first-order valence-electron chi connectivity index (χ1n) is 12.9. The van der Waals surface area contributed by atoms with E-state index in [1.54, 1.807) is 56.2 Å². The lowest BCUT2D eigenvalue weighted by atomic mass is 10.2. The largest absolute Gasteiger partial charge is 0.497 e. The Balaban J connectivity index is 1.48. The van der Waals surface area contributed by atoms with Crippen LogP contribution in [0, 0.1) is 6.92 Å². The molecule has 5 rings (SSSR count). The fourth-order valence-corrected chi connectivity index (χ4v) is 5.77. The lowest BCUT2D eigenvalue weighted by Gasteiger charge is -2.14. The number of amides is 2. The Hall–Kier alpha value is -4.42. The van der Waals surface area contributed by atoms with E-state index in [4.69, 9.17) is 4.74 Å². The zero-order valence-electron chi connectivity index (χ0n) is 23.0. The number of thioether (sulfide) groups is 1. The van der Waals surface area contributed by atoms with Gasteiger partial charge < -0.3 is 10.1 Å². The summed E-state index contributed by atoms with van der Waals surface area (Å²) in [5, 5.41) is 10.8. The number of ether oxygens (including phenoxy) is 1. The summed E-state index contributed by atoms with van der Waals surface area (Å²) in [5.41, 5.74) is 2.37. The molecule has 3 aromatic carbocycles. The number of nitrogens with zero attached hydrogens (tertiary/aromatic N) is 5. The van der Waals surface area contributed by atoms with Gasteiger partial charge in [-0.25, -0.2) is 9.58 Å². The van der Waals surface area contributed by atoms with Crippen LogP contribution in [-0.4, -0.2) is 44.9 Å². The van der Waals surface area contributed by atoms with E-state index in [0.717, 1.165) is 21.8 Å². The minimum atomic E-state index is -0.806. The number of amidine groups is 1. The second-order valence-corrected chi connectivity index (χ2v) is 11.4. The average molecular weight is 648 g/mol. The summed E-state index contributed by atoms with van der Waals surface area (Å²) in [4.78, 5) is 41.8. The highest BCUT2D eigenvalue weighted by molar-refractivity contribution is 9.10. The van der Waals surface area contributed by atoms with Gasteiger partial charge in [-0.05, 0) is 73.2 Å². The molecule has 1 saturated heterocycles. The molecule has 0 saturated carbocycles. The van der Waals surface area contributed by atoms with E-state index < -0.39 is 11.2 Å². The van der Waals surface area contributed by atoms with Gasteiger partial charge in [-0.1, -0.05) is 45.9 Å². The predicted octanol–water partition coefficient (Wildman–Crippen LogP) is 5.12. The number of hydrogen-bond acceptors (Lipinski definition) is 7. The van der Waals surface area contributed by atoms with Gasteiger partial charge >= 0.3 is 0 Å². The second kappa shape index (κ2) is 12.6. The molecule has 4 aromatic rings. The number of carbonyl (C=O) groups excluding carboxylic acids is 2. The third-order valence-electron chi connectivity index (χ3n) is 6.65. The van der Waals surface area contributed by atoms with E-state index >= 15 is 0 Å². The van der Waals surface area contributed by atoms with Gasteiger partial charge in [0.15, 0.2) is 5.17 Å². The van der Waals surface area contributed by atoms with Gasteiger partial charge in [0.25, 0.3) is 5.56 Å². The average Bonchev–Trinajstić information content (AvgIpc) is 3.40. The van der Waals surface area contributed by atoms with E-state index in [1.807, 2.05) is 54.6 Å². The zero-order valence-corrected chi connectivity index (χ0v) is 25.4. The third-order valence-corrected chi connectivity index (χ3v) is 8.30. The molecule has 2 heterocycles. The number of hydrogen-bond donors (Lipinski definition) is 1. The highest BCUT2D eigenvalue weighted by Gasteiger charge is 2.43. The van der Waals surface area contributed by atoms with Crippen molar-refractivity contribution in [1.82, 2.24) is 9.36 Å². The van der Waals surface area contributed by atoms with Crippen molar-refractivity contribution in [2.24, 2.45) is 17.3 Å². The summed E-state index contributed by atoms with van der Waals surface area (Å²) in [5.74, 6) is -0.0481. The summed E-state index contributed by atoms with van der Waals surface area (Å²) in [7, 11) is 3.34.